The second-order valence-electron chi connectivity index (χ2n) is 7.27. The van der Waals surface area contributed by atoms with Crippen LogP contribution < -0.4 is 5.73 Å². The van der Waals surface area contributed by atoms with Gasteiger partial charge in [0, 0.05) is 28.7 Å². The van der Waals surface area contributed by atoms with Crippen molar-refractivity contribution >= 4 is 11.3 Å². The van der Waals surface area contributed by atoms with Gasteiger partial charge in [-0.05, 0) is 5.56 Å². The minimum atomic E-state index is -0.0607. The molecule has 0 bridgehead atoms. The highest BCUT2D eigenvalue weighted by atomic mass is 32.1. The van der Waals surface area contributed by atoms with Gasteiger partial charge >= 0.3 is 0 Å². The molecule has 1 atom stereocenters. The monoisotopic (exact) mass is 302 g/mol. The maximum atomic E-state index is 6.50. The van der Waals surface area contributed by atoms with E-state index in [0.29, 0.717) is 0 Å². The molecular formula is C18H26N2S. The molecule has 114 valence electrons. The molecule has 0 fully saturated rings. The normalized spacial score (nSPS) is 14.2. The van der Waals surface area contributed by atoms with Gasteiger partial charge in [0.05, 0.1) is 10.7 Å². The third-order valence-corrected chi connectivity index (χ3v) is 5.03. The van der Waals surface area contributed by atoms with Crippen molar-refractivity contribution < 1.29 is 0 Å². The zero-order chi connectivity index (χ0) is 15.7. The fourth-order valence-electron chi connectivity index (χ4n) is 2.27. The van der Waals surface area contributed by atoms with E-state index in [0.717, 1.165) is 17.1 Å². The molecule has 2 aromatic rings. The first kappa shape index (κ1) is 16.2. The Kier molecular flexibility index (Phi) is 4.54. The van der Waals surface area contributed by atoms with E-state index in [1.807, 2.05) is 6.07 Å². The number of thiazole rings is 1. The Balaban J connectivity index is 2.14. The molecule has 2 nitrogen and oxygen atoms in total. The summed E-state index contributed by atoms with van der Waals surface area (Å²) >= 11 is 1.72. The van der Waals surface area contributed by atoms with Gasteiger partial charge in [-0.3, -0.25) is 0 Å². The Morgan fingerprint density at radius 3 is 2.24 bits per heavy atom. The van der Waals surface area contributed by atoms with E-state index in [4.69, 9.17) is 10.7 Å². The van der Waals surface area contributed by atoms with Gasteiger partial charge in [-0.25, -0.2) is 4.98 Å². The fourth-order valence-corrected chi connectivity index (χ4v) is 3.35. The second-order valence-corrected chi connectivity index (χ2v) is 8.22. The molecule has 0 spiro atoms. The summed E-state index contributed by atoms with van der Waals surface area (Å²) in [6, 6.07) is 10.6. The lowest BCUT2D eigenvalue weighted by Crippen LogP contribution is -2.42. The molecule has 0 saturated carbocycles. The molecule has 0 aliphatic heterocycles. The highest BCUT2D eigenvalue weighted by Gasteiger charge is 2.29. The Morgan fingerprint density at radius 1 is 1.10 bits per heavy atom. The van der Waals surface area contributed by atoms with Gasteiger partial charge < -0.3 is 5.73 Å². The van der Waals surface area contributed by atoms with Crippen molar-refractivity contribution in [1.82, 2.24) is 4.98 Å². The van der Waals surface area contributed by atoms with Crippen molar-refractivity contribution in [2.75, 3.05) is 0 Å². The van der Waals surface area contributed by atoms with Crippen LogP contribution in [-0.2, 0) is 17.3 Å². The molecule has 1 aromatic carbocycles. The van der Waals surface area contributed by atoms with Crippen molar-refractivity contribution in [2.24, 2.45) is 5.73 Å². The van der Waals surface area contributed by atoms with Crippen molar-refractivity contribution in [3.63, 3.8) is 0 Å². The van der Waals surface area contributed by atoms with Crippen LogP contribution in [0.25, 0.3) is 0 Å². The zero-order valence-electron chi connectivity index (χ0n) is 13.7. The van der Waals surface area contributed by atoms with Gasteiger partial charge in [0.25, 0.3) is 0 Å². The van der Waals surface area contributed by atoms with Crippen LogP contribution in [0.2, 0.25) is 0 Å². The first-order valence-electron chi connectivity index (χ1n) is 7.47. The summed E-state index contributed by atoms with van der Waals surface area (Å²) in [5, 5.41) is 3.30. The SMILES string of the molecule is CC(C)(C)c1csc(CC(N)C(C)(C)c2ccccc2)n1. The molecular weight excluding hydrogens is 276 g/mol. The largest absolute Gasteiger partial charge is 0.327 e. The number of nitrogens with two attached hydrogens (primary N) is 1. The molecule has 0 amide bonds. The summed E-state index contributed by atoms with van der Waals surface area (Å²) in [5.74, 6) is 0. The minimum absolute atomic E-state index is 0.0545. The maximum Gasteiger partial charge on any atom is 0.0944 e. The molecule has 3 heteroatoms. The summed E-state index contributed by atoms with van der Waals surface area (Å²) in [4.78, 5) is 4.77. The van der Waals surface area contributed by atoms with Gasteiger partial charge in [-0.15, -0.1) is 11.3 Å². The van der Waals surface area contributed by atoms with Crippen LogP contribution in [0.4, 0.5) is 0 Å². The summed E-state index contributed by atoms with van der Waals surface area (Å²) in [6.07, 6.45) is 0.822. The summed E-state index contributed by atoms with van der Waals surface area (Å²) < 4.78 is 0. The lowest BCUT2D eigenvalue weighted by atomic mass is 9.77. The molecule has 0 saturated heterocycles. The Hall–Kier alpha value is -1.19. The summed E-state index contributed by atoms with van der Waals surface area (Å²) in [6.45, 7) is 11.0. The molecule has 1 unspecified atom stereocenters. The Morgan fingerprint density at radius 2 is 1.71 bits per heavy atom. The van der Waals surface area contributed by atoms with E-state index in [1.165, 1.54) is 5.56 Å². The van der Waals surface area contributed by atoms with Crippen LogP contribution >= 0.6 is 11.3 Å². The third-order valence-electron chi connectivity index (χ3n) is 4.16. The molecule has 0 radical (unpaired) electrons. The van der Waals surface area contributed by atoms with Crippen LogP contribution in [-0.4, -0.2) is 11.0 Å². The molecule has 21 heavy (non-hydrogen) atoms. The van der Waals surface area contributed by atoms with Crippen LogP contribution in [0.15, 0.2) is 35.7 Å². The molecule has 0 aliphatic carbocycles. The quantitative estimate of drug-likeness (QED) is 0.915. The van der Waals surface area contributed by atoms with Gasteiger partial charge in [0.2, 0.25) is 0 Å². The first-order chi connectivity index (χ1) is 9.71. The fraction of sp³-hybridized carbons (Fsp3) is 0.500. The van der Waals surface area contributed by atoms with Crippen molar-refractivity contribution in [3.8, 4) is 0 Å². The molecule has 2 N–H and O–H groups in total. The van der Waals surface area contributed by atoms with Crippen molar-refractivity contribution in [2.45, 2.75) is 57.9 Å². The van der Waals surface area contributed by atoms with E-state index in [1.54, 1.807) is 11.3 Å². The zero-order valence-corrected chi connectivity index (χ0v) is 14.5. The molecule has 1 heterocycles. The molecule has 2 rings (SSSR count). The number of hydrogen-bond donors (Lipinski definition) is 1. The first-order valence-corrected chi connectivity index (χ1v) is 8.35. The smallest absolute Gasteiger partial charge is 0.0944 e. The van der Waals surface area contributed by atoms with Crippen LogP contribution in [0, 0.1) is 0 Å². The van der Waals surface area contributed by atoms with Gasteiger partial charge in [-0.1, -0.05) is 65.0 Å². The predicted molar refractivity (Wildman–Crippen MR) is 92.0 cm³/mol. The van der Waals surface area contributed by atoms with Crippen LogP contribution in [0.3, 0.4) is 0 Å². The lowest BCUT2D eigenvalue weighted by Gasteiger charge is -2.31. The molecule has 1 aromatic heterocycles. The van der Waals surface area contributed by atoms with E-state index >= 15 is 0 Å². The van der Waals surface area contributed by atoms with E-state index in [-0.39, 0.29) is 16.9 Å². The predicted octanol–water partition coefficient (Wildman–Crippen LogP) is 4.29. The minimum Gasteiger partial charge on any atom is -0.327 e. The Bertz CT molecular complexity index is 579. The van der Waals surface area contributed by atoms with E-state index in [2.05, 4.69) is 64.3 Å². The van der Waals surface area contributed by atoms with Crippen molar-refractivity contribution in [3.05, 3.63) is 52.0 Å². The van der Waals surface area contributed by atoms with Gasteiger partial charge in [-0.2, -0.15) is 0 Å². The summed E-state index contributed by atoms with van der Waals surface area (Å²) in [7, 11) is 0. The standard InChI is InChI=1S/C18H26N2S/c1-17(2,3)15-12-21-16(20-15)11-14(19)18(4,5)13-9-7-6-8-10-13/h6-10,12,14H,11,19H2,1-5H3. The second kappa shape index (κ2) is 5.90. The third kappa shape index (κ3) is 3.72. The highest BCUT2D eigenvalue weighted by Crippen LogP contribution is 2.30. The highest BCUT2D eigenvalue weighted by molar-refractivity contribution is 7.09. The number of benzene rings is 1. The van der Waals surface area contributed by atoms with Crippen LogP contribution in [0.5, 0.6) is 0 Å². The topological polar surface area (TPSA) is 38.9 Å². The lowest BCUT2D eigenvalue weighted by molar-refractivity contribution is 0.405. The van der Waals surface area contributed by atoms with Crippen LogP contribution in [0.1, 0.15) is 50.9 Å². The van der Waals surface area contributed by atoms with E-state index in [9.17, 15) is 0 Å². The maximum absolute atomic E-state index is 6.50. The van der Waals surface area contributed by atoms with Crippen molar-refractivity contribution in [1.29, 1.82) is 0 Å². The van der Waals surface area contributed by atoms with Gasteiger partial charge in [0.15, 0.2) is 0 Å². The summed E-state index contributed by atoms with van der Waals surface area (Å²) in [5.41, 5.74) is 8.99. The van der Waals surface area contributed by atoms with E-state index < -0.39 is 0 Å². The number of nitrogens with zero attached hydrogens (tertiary/aromatic N) is 1. The Labute approximate surface area is 132 Å². The average Bonchev–Trinajstić information content (AvgIpc) is 2.88. The van der Waals surface area contributed by atoms with Gasteiger partial charge in [0.1, 0.15) is 0 Å². The average molecular weight is 302 g/mol. The molecule has 0 aliphatic rings. The number of rotatable bonds is 4. The number of hydrogen-bond acceptors (Lipinski definition) is 3. The number of aromatic nitrogens is 1.